The second kappa shape index (κ2) is 6.01. The molecule has 0 fully saturated rings. The van der Waals surface area contributed by atoms with Gasteiger partial charge in [-0.25, -0.2) is 0 Å². The monoisotopic (exact) mass is 333 g/mol. The molecule has 0 saturated carbocycles. The standard InChI is InChI=1S/C14H24IN/c1-8-9(2)12(14(5,6)7)10(3)13(15)11(4)16/h8,11-13H,1-3,16H2,4-7H3/t11-,12-,13?/m0/s1. The van der Waals surface area contributed by atoms with Crippen molar-refractivity contribution in [2.75, 3.05) is 0 Å². The highest BCUT2D eigenvalue weighted by Crippen LogP contribution is 2.40. The van der Waals surface area contributed by atoms with Crippen molar-refractivity contribution >= 4 is 22.6 Å². The fraction of sp³-hybridized carbons (Fsp3) is 0.571. The van der Waals surface area contributed by atoms with Crippen LogP contribution in [0.25, 0.3) is 0 Å². The lowest BCUT2D eigenvalue weighted by Crippen LogP contribution is -2.34. The van der Waals surface area contributed by atoms with Crippen molar-refractivity contribution in [3.63, 3.8) is 0 Å². The second-order valence-electron chi connectivity index (χ2n) is 5.41. The van der Waals surface area contributed by atoms with Crippen LogP contribution in [0.5, 0.6) is 0 Å². The predicted molar refractivity (Wildman–Crippen MR) is 82.9 cm³/mol. The van der Waals surface area contributed by atoms with Gasteiger partial charge in [-0.3, -0.25) is 0 Å². The fourth-order valence-corrected chi connectivity index (χ4v) is 2.32. The number of nitrogens with two attached hydrogens (primary N) is 1. The van der Waals surface area contributed by atoms with Crippen molar-refractivity contribution in [2.45, 2.75) is 37.7 Å². The molecule has 0 amide bonds. The lowest BCUT2D eigenvalue weighted by Gasteiger charge is -2.36. The van der Waals surface area contributed by atoms with Crippen LogP contribution < -0.4 is 5.73 Å². The Morgan fingerprint density at radius 2 is 1.75 bits per heavy atom. The van der Waals surface area contributed by atoms with E-state index in [-0.39, 0.29) is 21.3 Å². The van der Waals surface area contributed by atoms with Gasteiger partial charge in [0, 0.05) is 15.9 Å². The molecule has 0 heterocycles. The van der Waals surface area contributed by atoms with Crippen LogP contribution in [0.4, 0.5) is 0 Å². The quantitative estimate of drug-likeness (QED) is 0.349. The normalized spacial score (nSPS) is 17.4. The van der Waals surface area contributed by atoms with Crippen molar-refractivity contribution in [3.8, 4) is 0 Å². The summed E-state index contributed by atoms with van der Waals surface area (Å²) in [6, 6.07) is 0.107. The minimum absolute atomic E-state index is 0.0979. The van der Waals surface area contributed by atoms with Crippen LogP contribution in [0.2, 0.25) is 0 Å². The lowest BCUT2D eigenvalue weighted by atomic mass is 9.71. The molecule has 3 atom stereocenters. The zero-order valence-electron chi connectivity index (χ0n) is 10.9. The molecule has 1 nitrogen and oxygen atoms in total. The molecule has 0 aliphatic carbocycles. The molecule has 1 unspecified atom stereocenters. The number of rotatable bonds is 5. The van der Waals surface area contributed by atoms with E-state index in [2.05, 4.69) is 63.1 Å². The molecule has 0 bridgehead atoms. The van der Waals surface area contributed by atoms with Crippen molar-refractivity contribution in [2.24, 2.45) is 17.1 Å². The van der Waals surface area contributed by atoms with E-state index in [4.69, 9.17) is 5.73 Å². The maximum atomic E-state index is 5.94. The Bertz CT molecular complexity index is 284. The number of allylic oxidation sites excluding steroid dienone is 2. The van der Waals surface area contributed by atoms with Gasteiger partial charge in [0.15, 0.2) is 0 Å². The largest absolute Gasteiger partial charge is 0.327 e. The van der Waals surface area contributed by atoms with E-state index in [0.29, 0.717) is 0 Å². The van der Waals surface area contributed by atoms with Crippen molar-refractivity contribution in [3.05, 3.63) is 37.0 Å². The van der Waals surface area contributed by atoms with Gasteiger partial charge in [0.2, 0.25) is 0 Å². The first-order chi connectivity index (χ1) is 7.12. The summed E-state index contributed by atoms with van der Waals surface area (Å²) in [4.78, 5) is 0. The van der Waals surface area contributed by atoms with Crippen LogP contribution in [0.3, 0.4) is 0 Å². The summed E-state index contributed by atoms with van der Waals surface area (Å²) in [5, 5.41) is 0. The van der Waals surface area contributed by atoms with Gasteiger partial charge in [-0.2, -0.15) is 0 Å². The van der Waals surface area contributed by atoms with Crippen molar-refractivity contribution in [1.29, 1.82) is 0 Å². The van der Waals surface area contributed by atoms with Crippen LogP contribution in [-0.4, -0.2) is 9.97 Å². The molecule has 0 radical (unpaired) electrons. The molecule has 0 aromatic rings. The molecule has 0 aromatic heterocycles. The van der Waals surface area contributed by atoms with Gasteiger partial charge >= 0.3 is 0 Å². The van der Waals surface area contributed by atoms with Gasteiger partial charge in [-0.05, 0) is 17.9 Å². The molecular formula is C14H24IN. The second-order valence-corrected chi connectivity index (χ2v) is 6.76. The van der Waals surface area contributed by atoms with E-state index in [1.165, 1.54) is 0 Å². The molecule has 2 heteroatoms. The smallest absolute Gasteiger partial charge is 0.0470 e. The molecule has 0 aliphatic rings. The van der Waals surface area contributed by atoms with Crippen LogP contribution in [-0.2, 0) is 0 Å². The third kappa shape index (κ3) is 4.06. The highest BCUT2D eigenvalue weighted by Gasteiger charge is 2.32. The van der Waals surface area contributed by atoms with Gasteiger partial charge in [0.1, 0.15) is 0 Å². The Labute approximate surface area is 114 Å². The molecule has 2 N–H and O–H groups in total. The van der Waals surface area contributed by atoms with E-state index in [1.807, 2.05) is 13.0 Å². The number of hydrogen-bond donors (Lipinski definition) is 1. The molecule has 0 aromatic carbocycles. The first-order valence-electron chi connectivity index (χ1n) is 5.52. The maximum Gasteiger partial charge on any atom is 0.0470 e. The highest BCUT2D eigenvalue weighted by molar-refractivity contribution is 14.1. The number of halogens is 1. The summed E-state index contributed by atoms with van der Waals surface area (Å²) in [6.07, 6.45) is 1.83. The third-order valence-electron chi connectivity index (χ3n) is 2.69. The van der Waals surface area contributed by atoms with Gasteiger partial charge in [-0.1, -0.05) is 74.7 Å². The summed E-state index contributed by atoms with van der Waals surface area (Å²) >= 11 is 2.36. The fourth-order valence-electron chi connectivity index (χ4n) is 1.97. The summed E-state index contributed by atoms with van der Waals surface area (Å²) in [7, 11) is 0. The molecule has 0 saturated heterocycles. The van der Waals surface area contributed by atoms with Crippen LogP contribution in [0, 0.1) is 11.3 Å². The molecule has 0 aliphatic heterocycles. The number of alkyl halides is 1. The Morgan fingerprint density at radius 1 is 1.31 bits per heavy atom. The van der Waals surface area contributed by atoms with Gasteiger partial charge in [-0.15, -0.1) is 0 Å². The Morgan fingerprint density at radius 3 is 2.00 bits per heavy atom. The van der Waals surface area contributed by atoms with Crippen LogP contribution in [0.1, 0.15) is 27.7 Å². The first kappa shape index (κ1) is 15.9. The SMILES string of the molecule is C=CC(=C)[C@@H](C(=C)C(I)[C@H](C)N)C(C)(C)C. The lowest BCUT2D eigenvalue weighted by molar-refractivity contribution is 0.317. The summed E-state index contributed by atoms with van der Waals surface area (Å²) < 4.78 is 0.263. The summed E-state index contributed by atoms with van der Waals surface area (Å²) in [5.74, 6) is 0.234. The van der Waals surface area contributed by atoms with E-state index in [1.54, 1.807) is 0 Å². The van der Waals surface area contributed by atoms with Gasteiger partial charge in [0.05, 0.1) is 0 Å². The van der Waals surface area contributed by atoms with E-state index < -0.39 is 0 Å². The Balaban J connectivity index is 5.14. The molecule has 0 spiro atoms. The predicted octanol–water partition coefficient (Wildman–Crippen LogP) is 4.10. The zero-order chi connectivity index (χ0) is 13.1. The van der Waals surface area contributed by atoms with Crippen LogP contribution >= 0.6 is 22.6 Å². The van der Waals surface area contributed by atoms with Gasteiger partial charge in [0.25, 0.3) is 0 Å². The first-order valence-corrected chi connectivity index (χ1v) is 6.77. The molecular weight excluding hydrogens is 309 g/mol. The van der Waals surface area contributed by atoms with E-state index in [0.717, 1.165) is 11.1 Å². The summed E-state index contributed by atoms with van der Waals surface area (Å²) in [6.45, 7) is 20.7. The third-order valence-corrected chi connectivity index (χ3v) is 4.62. The minimum atomic E-state index is 0.0979. The average molecular weight is 333 g/mol. The Kier molecular flexibility index (Phi) is 5.98. The number of hydrogen-bond acceptors (Lipinski definition) is 1. The molecule has 0 rings (SSSR count). The van der Waals surface area contributed by atoms with Crippen molar-refractivity contribution in [1.82, 2.24) is 0 Å². The average Bonchev–Trinajstić information content (AvgIpc) is 2.13. The zero-order valence-corrected chi connectivity index (χ0v) is 13.0. The van der Waals surface area contributed by atoms with E-state index >= 15 is 0 Å². The molecule has 16 heavy (non-hydrogen) atoms. The van der Waals surface area contributed by atoms with Gasteiger partial charge < -0.3 is 5.73 Å². The van der Waals surface area contributed by atoms with Crippen LogP contribution in [0.15, 0.2) is 37.0 Å². The van der Waals surface area contributed by atoms with Crippen molar-refractivity contribution < 1.29 is 0 Å². The Hall–Kier alpha value is -0.0900. The molecule has 92 valence electrons. The minimum Gasteiger partial charge on any atom is -0.327 e. The summed E-state index contributed by atoms with van der Waals surface area (Å²) in [5.41, 5.74) is 8.21. The highest BCUT2D eigenvalue weighted by atomic mass is 127. The topological polar surface area (TPSA) is 26.0 Å². The maximum absolute atomic E-state index is 5.94. The van der Waals surface area contributed by atoms with E-state index in [9.17, 15) is 0 Å².